The summed E-state index contributed by atoms with van der Waals surface area (Å²) >= 11 is 0. The van der Waals surface area contributed by atoms with Gasteiger partial charge in [0.05, 0.1) is 14.2 Å². The van der Waals surface area contributed by atoms with Crippen LogP contribution in [0.25, 0.3) is 0 Å². The first-order valence-electron chi connectivity index (χ1n) is 8.58. The summed E-state index contributed by atoms with van der Waals surface area (Å²) in [6, 6.07) is 8.97. The number of likely N-dealkylation sites (N-methyl/N-ethyl adjacent to an activating group) is 1. The van der Waals surface area contributed by atoms with Crippen molar-refractivity contribution in [2.75, 3.05) is 34.6 Å². The van der Waals surface area contributed by atoms with E-state index in [1.807, 2.05) is 0 Å². The molecule has 0 radical (unpaired) electrons. The molecule has 5 nitrogen and oxygen atoms in total. The zero-order valence-corrected chi connectivity index (χ0v) is 14.7. The quantitative estimate of drug-likeness (QED) is 0.841. The number of ether oxygens (including phenoxy) is 4. The van der Waals surface area contributed by atoms with Crippen molar-refractivity contribution >= 4 is 0 Å². The van der Waals surface area contributed by atoms with E-state index in [9.17, 15) is 0 Å². The summed E-state index contributed by atoms with van der Waals surface area (Å²) in [6.45, 7) is 1.30. The van der Waals surface area contributed by atoms with Gasteiger partial charge in [-0.1, -0.05) is 0 Å². The molecule has 2 unspecified atom stereocenters. The first-order chi connectivity index (χ1) is 12.2. The van der Waals surface area contributed by atoms with E-state index in [0.29, 0.717) is 18.8 Å². The van der Waals surface area contributed by atoms with E-state index in [4.69, 9.17) is 18.9 Å². The van der Waals surface area contributed by atoms with Gasteiger partial charge in [0.15, 0.2) is 23.0 Å². The van der Waals surface area contributed by atoms with E-state index >= 15 is 0 Å². The first kappa shape index (κ1) is 14.9. The van der Waals surface area contributed by atoms with Crippen molar-refractivity contribution in [3.63, 3.8) is 0 Å². The normalized spacial score (nSPS) is 23.0. The molecule has 2 atom stereocenters. The molecule has 6 rings (SSSR count). The predicted octanol–water partition coefficient (Wildman–Crippen LogP) is 3.11. The van der Waals surface area contributed by atoms with Crippen LogP contribution in [0.15, 0.2) is 24.3 Å². The molecule has 0 amide bonds. The molecule has 5 heteroatoms. The molecule has 25 heavy (non-hydrogen) atoms. The maximum absolute atomic E-state index is 5.63. The van der Waals surface area contributed by atoms with Crippen LogP contribution in [0, 0.1) is 0 Å². The van der Waals surface area contributed by atoms with Gasteiger partial charge in [-0.15, -0.1) is 0 Å². The molecular formula is C20H21NO4. The van der Waals surface area contributed by atoms with Gasteiger partial charge in [-0.05, 0) is 60.0 Å². The fourth-order valence-corrected chi connectivity index (χ4v) is 4.49. The fourth-order valence-electron chi connectivity index (χ4n) is 4.49. The van der Waals surface area contributed by atoms with Gasteiger partial charge in [0.25, 0.3) is 0 Å². The molecule has 4 aliphatic rings. The van der Waals surface area contributed by atoms with E-state index in [-0.39, 0.29) is 0 Å². The van der Waals surface area contributed by atoms with Crippen LogP contribution in [-0.2, 0) is 6.42 Å². The van der Waals surface area contributed by atoms with Crippen LogP contribution in [0.5, 0.6) is 23.0 Å². The molecule has 2 aromatic carbocycles. The Hall–Kier alpha value is -2.40. The van der Waals surface area contributed by atoms with Crippen LogP contribution >= 0.6 is 0 Å². The number of fused-ring (bicyclic) bond motifs is 2. The zero-order chi connectivity index (χ0) is 17.1. The van der Waals surface area contributed by atoms with Crippen molar-refractivity contribution in [3.8, 4) is 23.0 Å². The summed E-state index contributed by atoms with van der Waals surface area (Å²) < 4.78 is 22.3. The third-order valence-electron chi connectivity index (χ3n) is 5.75. The van der Waals surface area contributed by atoms with Crippen LogP contribution in [0.2, 0.25) is 0 Å². The Morgan fingerprint density at radius 1 is 0.920 bits per heavy atom. The van der Waals surface area contributed by atoms with Gasteiger partial charge in [-0.3, -0.25) is 4.90 Å². The lowest BCUT2D eigenvalue weighted by atomic mass is 9.84. The van der Waals surface area contributed by atoms with Crippen molar-refractivity contribution in [2.24, 2.45) is 0 Å². The number of rotatable bonds is 2. The predicted molar refractivity (Wildman–Crippen MR) is 93.0 cm³/mol. The van der Waals surface area contributed by atoms with E-state index in [2.05, 4.69) is 36.2 Å². The molecule has 2 bridgehead atoms. The SMILES string of the molecule is COc1cc2c(cc1OC)C1CN(C)C(C2)c2cc3c(cc21)OCO3. The summed E-state index contributed by atoms with van der Waals surface area (Å²) in [5, 5.41) is 0. The van der Waals surface area contributed by atoms with Gasteiger partial charge in [0.2, 0.25) is 6.79 Å². The number of hydrogen-bond donors (Lipinski definition) is 0. The van der Waals surface area contributed by atoms with Gasteiger partial charge in [0.1, 0.15) is 0 Å². The van der Waals surface area contributed by atoms with Crippen molar-refractivity contribution in [1.82, 2.24) is 4.90 Å². The molecule has 0 aromatic heterocycles. The molecule has 130 valence electrons. The van der Waals surface area contributed by atoms with E-state index < -0.39 is 0 Å². The lowest BCUT2D eigenvalue weighted by Gasteiger charge is -2.36. The van der Waals surface area contributed by atoms with Crippen LogP contribution < -0.4 is 18.9 Å². The summed E-state index contributed by atoms with van der Waals surface area (Å²) in [5.74, 6) is 3.60. The van der Waals surface area contributed by atoms with Gasteiger partial charge in [-0.2, -0.15) is 0 Å². The van der Waals surface area contributed by atoms with Crippen molar-refractivity contribution in [3.05, 3.63) is 46.5 Å². The fraction of sp³-hybridized carbons (Fsp3) is 0.400. The minimum absolute atomic E-state index is 0.294. The summed E-state index contributed by atoms with van der Waals surface area (Å²) in [4.78, 5) is 2.44. The van der Waals surface area contributed by atoms with Gasteiger partial charge in [0, 0.05) is 18.5 Å². The number of nitrogens with zero attached hydrogens (tertiary/aromatic N) is 1. The Bertz CT molecular complexity index is 863. The van der Waals surface area contributed by atoms with Gasteiger partial charge >= 0.3 is 0 Å². The third-order valence-corrected chi connectivity index (χ3v) is 5.75. The van der Waals surface area contributed by atoms with Crippen molar-refractivity contribution in [1.29, 1.82) is 0 Å². The number of methoxy groups -OCH3 is 2. The third kappa shape index (κ3) is 2.05. The second kappa shape index (κ2) is 5.30. The molecule has 3 aliphatic heterocycles. The lowest BCUT2D eigenvalue weighted by molar-refractivity contribution is 0.174. The summed E-state index contributed by atoms with van der Waals surface area (Å²) in [7, 11) is 5.58. The highest BCUT2D eigenvalue weighted by Crippen LogP contribution is 2.51. The van der Waals surface area contributed by atoms with Crippen molar-refractivity contribution in [2.45, 2.75) is 18.4 Å². The topological polar surface area (TPSA) is 40.2 Å². The lowest BCUT2D eigenvalue weighted by Crippen LogP contribution is -2.33. The molecule has 3 heterocycles. The average Bonchev–Trinajstić information content (AvgIpc) is 2.99. The van der Waals surface area contributed by atoms with Crippen LogP contribution in [-0.4, -0.2) is 39.5 Å². The highest BCUT2D eigenvalue weighted by Gasteiger charge is 2.39. The highest BCUT2D eigenvalue weighted by molar-refractivity contribution is 5.59. The van der Waals surface area contributed by atoms with Crippen LogP contribution in [0.1, 0.15) is 34.2 Å². The molecular weight excluding hydrogens is 318 g/mol. The largest absolute Gasteiger partial charge is 0.493 e. The Labute approximate surface area is 147 Å². The smallest absolute Gasteiger partial charge is 0.231 e. The summed E-state index contributed by atoms with van der Waals surface area (Å²) in [5.41, 5.74) is 5.34. The van der Waals surface area contributed by atoms with Crippen molar-refractivity contribution < 1.29 is 18.9 Å². The van der Waals surface area contributed by atoms with E-state index in [1.54, 1.807) is 14.2 Å². The zero-order valence-electron chi connectivity index (χ0n) is 14.7. The minimum Gasteiger partial charge on any atom is -0.493 e. The van der Waals surface area contributed by atoms with E-state index in [1.165, 1.54) is 22.3 Å². The standard InChI is InChI=1S/C20H21NO4/c1-21-9-15-12-6-18(23-3)17(22-2)5-11(12)4-16(21)14-8-20-19(7-13(14)15)24-10-25-20/h5-8,15-16H,4,9-10H2,1-3H3. The Morgan fingerprint density at radius 3 is 2.32 bits per heavy atom. The van der Waals surface area contributed by atoms with Crippen LogP contribution in [0.3, 0.4) is 0 Å². The molecule has 0 fully saturated rings. The maximum atomic E-state index is 5.63. The summed E-state index contributed by atoms with van der Waals surface area (Å²) in [6.07, 6.45) is 0.954. The molecule has 1 aliphatic carbocycles. The minimum atomic E-state index is 0.294. The number of benzene rings is 2. The molecule has 0 saturated carbocycles. The Balaban J connectivity index is 1.73. The van der Waals surface area contributed by atoms with Gasteiger partial charge in [-0.25, -0.2) is 0 Å². The molecule has 0 saturated heterocycles. The van der Waals surface area contributed by atoms with Crippen LogP contribution in [0.4, 0.5) is 0 Å². The van der Waals surface area contributed by atoms with Gasteiger partial charge < -0.3 is 18.9 Å². The molecule has 0 N–H and O–H groups in total. The molecule has 0 spiro atoms. The van der Waals surface area contributed by atoms with E-state index in [0.717, 1.165) is 36.0 Å². The Morgan fingerprint density at radius 2 is 1.60 bits per heavy atom. The first-order valence-corrected chi connectivity index (χ1v) is 8.58. The second-order valence-electron chi connectivity index (χ2n) is 6.95. The average molecular weight is 339 g/mol. The maximum Gasteiger partial charge on any atom is 0.231 e. The second-order valence-corrected chi connectivity index (χ2v) is 6.95. The monoisotopic (exact) mass is 339 g/mol. The number of hydrogen-bond acceptors (Lipinski definition) is 5. The Kier molecular flexibility index (Phi) is 3.16. The molecule has 2 aromatic rings. The highest BCUT2D eigenvalue weighted by atomic mass is 16.7.